The van der Waals surface area contributed by atoms with Gasteiger partial charge in [-0.3, -0.25) is 4.99 Å². The van der Waals surface area contributed by atoms with E-state index >= 15 is 0 Å². The highest BCUT2D eigenvalue weighted by molar-refractivity contribution is 7.09. The van der Waals surface area contributed by atoms with Gasteiger partial charge in [0.25, 0.3) is 0 Å². The van der Waals surface area contributed by atoms with E-state index in [4.69, 9.17) is 9.47 Å². The number of methoxy groups -OCH3 is 2. The molecule has 146 valence electrons. The van der Waals surface area contributed by atoms with Crippen LogP contribution in [0.3, 0.4) is 0 Å². The van der Waals surface area contributed by atoms with Crippen LogP contribution in [0, 0.1) is 0 Å². The van der Waals surface area contributed by atoms with E-state index in [1.54, 1.807) is 24.5 Å². The summed E-state index contributed by atoms with van der Waals surface area (Å²) in [4.78, 5) is 20.6. The third kappa shape index (κ3) is 5.68. The van der Waals surface area contributed by atoms with Crippen LogP contribution in [0.25, 0.3) is 0 Å². The third-order valence-electron chi connectivity index (χ3n) is 3.92. The second-order valence-electron chi connectivity index (χ2n) is 6.13. The average molecular weight is 391 g/mol. The molecule has 1 aromatic carbocycles. The van der Waals surface area contributed by atoms with Gasteiger partial charge in [0.1, 0.15) is 16.3 Å². The standard InChI is InChI=1S/C19H26N4O3S/c1-12(2)15-11-27-17(23-15)10-22-19(20-3)21-9-13-6-7-14(18(24)26-5)16(8-13)25-4/h6-8,11-12H,9-10H2,1-5H3,(H2,20,21,22). The molecule has 0 saturated carbocycles. The number of rotatable bonds is 7. The Balaban J connectivity index is 1.94. The summed E-state index contributed by atoms with van der Waals surface area (Å²) in [7, 11) is 4.59. The summed E-state index contributed by atoms with van der Waals surface area (Å²) in [6.45, 7) is 5.41. The van der Waals surface area contributed by atoms with Gasteiger partial charge in [-0.05, 0) is 23.6 Å². The molecule has 0 spiro atoms. The predicted molar refractivity (Wildman–Crippen MR) is 108 cm³/mol. The number of nitrogens with zero attached hydrogens (tertiary/aromatic N) is 2. The highest BCUT2D eigenvalue weighted by Crippen LogP contribution is 2.21. The highest BCUT2D eigenvalue weighted by atomic mass is 32.1. The fourth-order valence-electron chi connectivity index (χ4n) is 2.36. The van der Waals surface area contributed by atoms with Crippen molar-refractivity contribution >= 4 is 23.3 Å². The summed E-state index contributed by atoms with van der Waals surface area (Å²) in [5.41, 5.74) is 2.47. The number of esters is 1. The molecule has 27 heavy (non-hydrogen) atoms. The van der Waals surface area contributed by atoms with Gasteiger partial charge in [0.2, 0.25) is 0 Å². The van der Waals surface area contributed by atoms with Crippen LogP contribution >= 0.6 is 11.3 Å². The van der Waals surface area contributed by atoms with Crippen molar-refractivity contribution in [2.45, 2.75) is 32.9 Å². The molecule has 0 fully saturated rings. The maximum Gasteiger partial charge on any atom is 0.341 e. The van der Waals surface area contributed by atoms with Crippen molar-refractivity contribution in [1.29, 1.82) is 0 Å². The molecule has 8 heteroatoms. The van der Waals surface area contributed by atoms with E-state index in [2.05, 4.69) is 39.8 Å². The summed E-state index contributed by atoms with van der Waals surface area (Å²) in [5, 5.41) is 9.61. The SMILES string of the molecule is CN=C(NCc1ccc(C(=O)OC)c(OC)c1)NCc1nc(C(C)C)cs1. The van der Waals surface area contributed by atoms with E-state index in [9.17, 15) is 4.79 Å². The van der Waals surface area contributed by atoms with Crippen molar-refractivity contribution in [3.05, 3.63) is 45.4 Å². The van der Waals surface area contributed by atoms with Crippen molar-refractivity contribution in [2.75, 3.05) is 21.3 Å². The second kappa shape index (κ2) is 9.91. The lowest BCUT2D eigenvalue weighted by Gasteiger charge is -2.13. The van der Waals surface area contributed by atoms with E-state index in [0.29, 0.717) is 36.3 Å². The number of guanidine groups is 1. The summed E-state index contributed by atoms with van der Waals surface area (Å²) >= 11 is 1.64. The Labute approximate surface area is 163 Å². The van der Waals surface area contributed by atoms with Gasteiger partial charge in [-0.1, -0.05) is 19.9 Å². The number of thiazole rings is 1. The number of aromatic nitrogens is 1. The van der Waals surface area contributed by atoms with Gasteiger partial charge in [0, 0.05) is 19.0 Å². The van der Waals surface area contributed by atoms with E-state index < -0.39 is 5.97 Å². The average Bonchev–Trinajstić information content (AvgIpc) is 3.16. The molecule has 0 aliphatic carbocycles. The lowest BCUT2D eigenvalue weighted by Crippen LogP contribution is -2.36. The number of ether oxygens (including phenoxy) is 2. The predicted octanol–water partition coefficient (Wildman–Crippen LogP) is 2.93. The summed E-state index contributed by atoms with van der Waals surface area (Å²) in [6, 6.07) is 5.36. The van der Waals surface area contributed by atoms with Crippen LogP contribution in [0.15, 0.2) is 28.6 Å². The lowest BCUT2D eigenvalue weighted by atomic mass is 10.1. The van der Waals surface area contributed by atoms with Gasteiger partial charge >= 0.3 is 5.97 Å². The molecule has 1 aromatic heterocycles. The minimum atomic E-state index is -0.423. The molecule has 0 radical (unpaired) electrons. The summed E-state index contributed by atoms with van der Waals surface area (Å²) in [6.07, 6.45) is 0. The van der Waals surface area contributed by atoms with Crippen LogP contribution in [0.5, 0.6) is 5.75 Å². The van der Waals surface area contributed by atoms with Gasteiger partial charge in [0.05, 0.1) is 26.5 Å². The maximum absolute atomic E-state index is 11.7. The molecule has 7 nitrogen and oxygen atoms in total. The molecular formula is C19H26N4O3S. The molecule has 0 atom stereocenters. The molecular weight excluding hydrogens is 364 g/mol. The Morgan fingerprint density at radius 3 is 2.59 bits per heavy atom. The first-order chi connectivity index (χ1) is 13.0. The first-order valence-corrected chi connectivity index (χ1v) is 9.50. The lowest BCUT2D eigenvalue weighted by molar-refractivity contribution is 0.0597. The number of nitrogens with one attached hydrogen (secondary N) is 2. The fraction of sp³-hybridized carbons (Fsp3) is 0.421. The topological polar surface area (TPSA) is 84.8 Å². The van der Waals surface area contributed by atoms with Crippen molar-refractivity contribution in [3.63, 3.8) is 0 Å². The number of hydrogen-bond acceptors (Lipinski definition) is 6. The van der Waals surface area contributed by atoms with Crippen molar-refractivity contribution in [3.8, 4) is 5.75 Å². The molecule has 1 heterocycles. The van der Waals surface area contributed by atoms with E-state index in [1.807, 2.05) is 12.1 Å². The van der Waals surface area contributed by atoms with Crippen LogP contribution < -0.4 is 15.4 Å². The van der Waals surface area contributed by atoms with Crippen LogP contribution in [-0.4, -0.2) is 38.2 Å². The zero-order valence-corrected chi connectivity index (χ0v) is 17.1. The molecule has 0 saturated heterocycles. The molecule has 0 amide bonds. The van der Waals surface area contributed by atoms with Crippen LogP contribution in [0.2, 0.25) is 0 Å². The van der Waals surface area contributed by atoms with Gasteiger partial charge in [-0.25, -0.2) is 9.78 Å². The van der Waals surface area contributed by atoms with Crippen LogP contribution in [0.1, 0.15) is 46.4 Å². The first kappa shape index (κ1) is 20.7. The zero-order valence-electron chi connectivity index (χ0n) is 16.3. The van der Waals surface area contributed by atoms with Gasteiger partial charge in [-0.2, -0.15) is 0 Å². The number of carbonyl (C=O) groups excluding carboxylic acids is 1. The Morgan fingerprint density at radius 2 is 2.00 bits per heavy atom. The Kier molecular flexibility index (Phi) is 7.60. The Bertz CT molecular complexity index is 802. The number of benzene rings is 1. The fourth-order valence-corrected chi connectivity index (χ4v) is 3.26. The first-order valence-electron chi connectivity index (χ1n) is 8.62. The van der Waals surface area contributed by atoms with Gasteiger partial charge in [0.15, 0.2) is 5.96 Å². The minimum absolute atomic E-state index is 0.399. The quantitative estimate of drug-likeness (QED) is 0.430. The minimum Gasteiger partial charge on any atom is -0.496 e. The Hall–Kier alpha value is -2.61. The number of aliphatic imine (C=N–C) groups is 1. The normalized spacial score (nSPS) is 11.4. The molecule has 0 aliphatic heterocycles. The molecule has 2 aromatic rings. The van der Waals surface area contributed by atoms with E-state index in [1.165, 1.54) is 14.2 Å². The highest BCUT2D eigenvalue weighted by Gasteiger charge is 2.13. The van der Waals surface area contributed by atoms with Gasteiger partial charge < -0.3 is 20.1 Å². The molecule has 0 unspecified atom stereocenters. The maximum atomic E-state index is 11.7. The zero-order chi connectivity index (χ0) is 19.8. The largest absolute Gasteiger partial charge is 0.496 e. The molecule has 2 N–H and O–H groups in total. The molecule has 2 rings (SSSR count). The molecule has 0 aliphatic rings. The number of hydrogen-bond donors (Lipinski definition) is 2. The van der Waals surface area contributed by atoms with Gasteiger partial charge in [-0.15, -0.1) is 11.3 Å². The van der Waals surface area contributed by atoms with Crippen molar-refractivity contribution in [1.82, 2.24) is 15.6 Å². The number of carbonyl (C=O) groups is 1. The second-order valence-corrected chi connectivity index (χ2v) is 7.07. The smallest absolute Gasteiger partial charge is 0.341 e. The van der Waals surface area contributed by atoms with Crippen LogP contribution in [0.4, 0.5) is 0 Å². The van der Waals surface area contributed by atoms with E-state index in [0.717, 1.165) is 16.3 Å². The van der Waals surface area contributed by atoms with E-state index in [-0.39, 0.29) is 0 Å². The molecule has 0 bridgehead atoms. The summed E-state index contributed by atoms with van der Waals surface area (Å²) < 4.78 is 10.0. The Morgan fingerprint density at radius 1 is 1.26 bits per heavy atom. The van der Waals surface area contributed by atoms with Crippen molar-refractivity contribution < 1.29 is 14.3 Å². The van der Waals surface area contributed by atoms with Crippen molar-refractivity contribution in [2.24, 2.45) is 4.99 Å². The third-order valence-corrected chi connectivity index (χ3v) is 4.79. The monoisotopic (exact) mass is 390 g/mol. The van der Waals surface area contributed by atoms with Crippen LogP contribution in [-0.2, 0) is 17.8 Å². The summed E-state index contributed by atoms with van der Waals surface area (Å²) in [5.74, 6) is 1.16.